The van der Waals surface area contributed by atoms with Crippen LogP contribution >= 0.6 is 12.4 Å². The second-order valence-corrected chi connectivity index (χ2v) is 12.1. The van der Waals surface area contributed by atoms with E-state index in [9.17, 15) is 0 Å². The summed E-state index contributed by atoms with van der Waals surface area (Å²) in [5, 5.41) is 0. The Morgan fingerprint density at radius 2 is 0.780 bits per heavy atom. The Morgan fingerprint density at radius 1 is 0.488 bits per heavy atom. The molecule has 3 aliphatic rings. The van der Waals surface area contributed by atoms with Crippen molar-refractivity contribution in [2.45, 2.75) is 102 Å². The average molecular weight is 579 g/mol. The van der Waals surface area contributed by atoms with Gasteiger partial charge in [-0.3, -0.25) is 9.98 Å². The van der Waals surface area contributed by atoms with Crippen LogP contribution in [-0.4, -0.2) is 49.9 Å². The van der Waals surface area contributed by atoms with Gasteiger partial charge < -0.3 is 21.3 Å². The molecule has 0 amide bonds. The van der Waals surface area contributed by atoms with Gasteiger partial charge in [-0.05, 0) is 74.2 Å². The van der Waals surface area contributed by atoms with Crippen LogP contribution in [0.15, 0.2) is 58.5 Å². The quantitative estimate of drug-likeness (QED) is 0.283. The molecule has 0 bridgehead atoms. The van der Waals surface area contributed by atoms with Crippen molar-refractivity contribution >= 4 is 35.5 Å². The van der Waals surface area contributed by atoms with Crippen LogP contribution in [-0.2, 0) is 0 Å². The zero-order valence-corrected chi connectivity index (χ0v) is 25.7. The average Bonchev–Trinajstić information content (AvgIpc) is 2.96. The summed E-state index contributed by atoms with van der Waals surface area (Å²) < 4.78 is 0. The number of nitrogens with zero attached hydrogens (tertiary/aromatic N) is 4. The highest BCUT2D eigenvalue weighted by Crippen LogP contribution is 2.24. The van der Waals surface area contributed by atoms with E-state index >= 15 is 0 Å². The second-order valence-electron chi connectivity index (χ2n) is 12.1. The van der Waals surface area contributed by atoms with Crippen LogP contribution in [0.25, 0.3) is 0 Å². The maximum absolute atomic E-state index is 6.43. The highest BCUT2D eigenvalue weighted by Gasteiger charge is 2.19. The fraction of sp³-hybridized carbons (Fsp3) is 0.588. The van der Waals surface area contributed by atoms with Crippen molar-refractivity contribution in [1.82, 2.24) is 0 Å². The number of amidine groups is 2. The lowest BCUT2D eigenvalue weighted by Crippen LogP contribution is -2.46. The molecule has 1 aliphatic heterocycles. The number of benzene rings is 2. The molecular formula is C34H51ClN6. The summed E-state index contributed by atoms with van der Waals surface area (Å²) in [6.45, 7) is 3.99. The molecule has 224 valence electrons. The normalized spacial score (nSPS) is 20.9. The zero-order chi connectivity index (χ0) is 27.6. The third-order valence-corrected chi connectivity index (χ3v) is 9.13. The topological polar surface area (TPSA) is 83.2 Å². The van der Waals surface area contributed by atoms with E-state index in [2.05, 4.69) is 58.3 Å². The Balaban J connectivity index is 0.00000387. The molecule has 6 nitrogen and oxygen atoms in total. The van der Waals surface area contributed by atoms with Gasteiger partial charge in [-0.1, -0.05) is 64.2 Å². The summed E-state index contributed by atoms with van der Waals surface area (Å²) in [6.07, 6.45) is 17.9. The van der Waals surface area contributed by atoms with E-state index in [1.807, 2.05) is 0 Å². The van der Waals surface area contributed by atoms with Gasteiger partial charge in [0.2, 0.25) is 0 Å². The van der Waals surface area contributed by atoms with Gasteiger partial charge in [-0.25, -0.2) is 0 Å². The Labute approximate surface area is 254 Å². The van der Waals surface area contributed by atoms with E-state index in [1.165, 1.54) is 101 Å². The first-order valence-electron chi connectivity index (χ1n) is 16.0. The third kappa shape index (κ3) is 9.13. The predicted octanol–water partition coefficient (Wildman–Crippen LogP) is 7.07. The fourth-order valence-corrected chi connectivity index (χ4v) is 6.58. The molecule has 0 spiro atoms. The maximum atomic E-state index is 6.43. The van der Waals surface area contributed by atoms with Gasteiger partial charge in [0, 0.05) is 48.7 Å². The van der Waals surface area contributed by atoms with Crippen LogP contribution in [0.1, 0.15) is 101 Å². The van der Waals surface area contributed by atoms with Gasteiger partial charge in [0.25, 0.3) is 0 Å². The number of rotatable bonds is 6. The first-order valence-corrected chi connectivity index (χ1v) is 16.0. The number of hydrogen-bond donors (Lipinski definition) is 2. The first-order chi connectivity index (χ1) is 19.7. The van der Waals surface area contributed by atoms with E-state index in [-0.39, 0.29) is 12.4 Å². The van der Waals surface area contributed by atoms with Gasteiger partial charge in [0.1, 0.15) is 11.7 Å². The molecule has 0 atom stereocenters. The summed E-state index contributed by atoms with van der Waals surface area (Å²) in [6, 6.07) is 18.2. The lowest BCUT2D eigenvalue weighted by molar-refractivity contribution is 0.455. The van der Waals surface area contributed by atoms with Crippen molar-refractivity contribution in [2.24, 2.45) is 21.5 Å². The Hall–Kier alpha value is -2.73. The molecule has 5 rings (SSSR count). The van der Waals surface area contributed by atoms with Gasteiger partial charge in [-0.2, -0.15) is 0 Å². The molecule has 0 radical (unpaired) electrons. The highest BCUT2D eigenvalue weighted by atomic mass is 35.5. The minimum Gasteiger partial charge on any atom is -0.383 e. The minimum absolute atomic E-state index is 0. The third-order valence-electron chi connectivity index (χ3n) is 9.13. The van der Waals surface area contributed by atoms with Crippen molar-refractivity contribution in [2.75, 3.05) is 36.0 Å². The molecule has 2 saturated carbocycles. The molecule has 0 unspecified atom stereocenters. The summed E-state index contributed by atoms with van der Waals surface area (Å²) >= 11 is 0. The van der Waals surface area contributed by atoms with Crippen LogP contribution in [0.4, 0.5) is 11.4 Å². The van der Waals surface area contributed by atoms with E-state index in [4.69, 9.17) is 21.5 Å². The predicted molar refractivity (Wildman–Crippen MR) is 178 cm³/mol. The number of aliphatic imine (C=N–C) groups is 2. The Kier molecular flexibility index (Phi) is 12.2. The lowest BCUT2D eigenvalue weighted by Gasteiger charge is -2.37. The van der Waals surface area contributed by atoms with Crippen molar-refractivity contribution < 1.29 is 0 Å². The molecule has 3 fully saturated rings. The molecule has 7 heteroatoms. The summed E-state index contributed by atoms with van der Waals surface area (Å²) in [4.78, 5) is 14.7. The van der Waals surface area contributed by atoms with Crippen molar-refractivity contribution in [3.05, 3.63) is 59.7 Å². The van der Waals surface area contributed by atoms with Gasteiger partial charge in [0.05, 0.1) is 12.1 Å². The summed E-state index contributed by atoms with van der Waals surface area (Å²) in [5.74, 6) is 1.39. The Morgan fingerprint density at radius 3 is 1.10 bits per heavy atom. The number of halogens is 1. The first kappa shape index (κ1) is 31.2. The number of nitrogens with two attached hydrogens (primary N) is 2. The van der Waals surface area contributed by atoms with Gasteiger partial charge in [-0.15, -0.1) is 12.4 Å². The molecular weight excluding hydrogens is 528 g/mol. The van der Waals surface area contributed by atoms with Crippen LogP contribution in [0.3, 0.4) is 0 Å². The molecule has 2 aromatic rings. The number of anilines is 2. The number of piperazine rings is 1. The van der Waals surface area contributed by atoms with Crippen LogP contribution < -0.4 is 21.3 Å². The zero-order valence-electron chi connectivity index (χ0n) is 24.9. The highest BCUT2D eigenvalue weighted by molar-refractivity contribution is 5.98. The van der Waals surface area contributed by atoms with E-state index < -0.39 is 0 Å². The second kappa shape index (κ2) is 16.1. The van der Waals surface area contributed by atoms with Gasteiger partial charge in [0.15, 0.2) is 0 Å². The van der Waals surface area contributed by atoms with Crippen LogP contribution in [0, 0.1) is 0 Å². The maximum Gasteiger partial charge on any atom is 0.125 e. The SMILES string of the molecule is Cl.NC(=NC1CCCCCCC1)c1ccc(N2CCN(c3ccc(C(N)=NC4CCCCCCC4)cc3)CC2)cc1. The molecule has 2 aromatic carbocycles. The standard InChI is InChI=1S/C34H50N6.ClH/c35-33(37-29-11-7-3-1-4-8-12-29)27-15-19-31(20-16-27)39-23-25-40(26-24-39)32-21-17-28(18-22-32)34(36)38-30-13-9-5-2-6-10-14-30;/h15-22,29-30H,1-14,23-26H2,(H2,35,37)(H2,36,38);1H. The van der Waals surface area contributed by atoms with Crippen molar-refractivity contribution in [1.29, 1.82) is 0 Å². The van der Waals surface area contributed by atoms with Crippen molar-refractivity contribution in [3.63, 3.8) is 0 Å². The molecule has 2 aliphatic carbocycles. The molecule has 0 aromatic heterocycles. The smallest absolute Gasteiger partial charge is 0.125 e. The summed E-state index contributed by atoms with van der Waals surface area (Å²) in [7, 11) is 0. The lowest BCUT2D eigenvalue weighted by atomic mass is 9.97. The van der Waals surface area contributed by atoms with E-state index in [0.29, 0.717) is 23.8 Å². The minimum atomic E-state index is 0. The van der Waals surface area contributed by atoms with Crippen LogP contribution in [0.2, 0.25) is 0 Å². The molecule has 1 heterocycles. The largest absolute Gasteiger partial charge is 0.383 e. The van der Waals surface area contributed by atoms with E-state index in [0.717, 1.165) is 37.3 Å². The van der Waals surface area contributed by atoms with Gasteiger partial charge >= 0.3 is 0 Å². The van der Waals surface area contributed by atoms with Crippen molar-refractivity contribution in [3.8, 4) is 0 Å². The summed E-state index contributed by atoms with van der Waals surface area (Å²) in [5.41, 5.74) is 17.5. The monoisotopic (exact) mass is 578 g/mol. The van der Waals surface area contributed by atoms with Crippen LogP contribution in [0.5, 0.6) is 0 Å². The fourth-order valence-electron chi connectivity index (χ4n) is 6.58. The molecule has 1 saturated heterocycles. The molecule has 41 heavy (non-hydrogen) atoms. The Bertz CT molecular complexity index is 1000. The molecule has 4 N–H and O–H groups in total. The van der Waals surface area contributed by atoms with E-state index in [1.54, 1.807) is 0 Å². The number of hydrogen-bond acceptors (Lipinski definition) is 4.